The van der Waals surface area contributed by atoms with Crippen molar-refractivity contribution in [2.45, 2.75) is 11.8 Å². The maximum Gasteiger partial charge on any atom is 0.127 e. The Morgan fingerprint density at radius 2 is 2.20 bits per heavy atom. The van der Waals surface area contributed by atoms with E-state index >= 15 is 0 Å². The molecule has 1 fully saturated rings. The Morgan fingerprint density at radius 1 is 1.47 bits per heavy atom. The van der Waals surface area contributed by atoms with E-state index in [1.54, 1.807) is 6.07 Å². The molecule has 1 aliphatic heterocycles. The smallest absolute Gasteiger partial charge is 0.127 e. The van der Waals surface area contributed by atoms with Gasteiger partial charge in [0.1, 0.15) is 5.82 Å². The van der Waals surface area contributed by atoms with Gasteiger partial charge in [0.15, 0.2) is 0 Å². The van der Waals surface area contributed by atoms with Crippen molar-refractivity contribution in [2.24, 2.45) is 0 Å². The largest absolute Gasteiger partial charge is 0.379 e. The van der Waals surface area contributed by atoms with Gasteiger partial charge in [0.25, 0.3) is 0 Å². The Bertz CT molecular complexity index is 366. The van der Waals surface area contributed by atoms with Gasteiger partial charge in [-0.3, -0.25) is 0 Å². The van der Waals surface area contributed by atoms with Gasteiger partial charge in [0.2, 0.25) is 0 Å². The van der Waals surface area contributed by atoms with E-state index in [2.05, 4.69) is 28.6 Å². The van der Waals surface area contributed by atoms with Crippen molar-refractivity contribution in [1.82, 2.24) is 0 Å². The molecule has 1 saturated heterocycles. The van der Waals surface area contributed by atoms with E-state index < -0.39 is 0 Å². The molecule has 1 aromatic carbocycles. The van der Waals surface area contributed by atoms with Gasteiger partial charge < -0.3 is 4.74 Å². The van der Waals surface area contributed by atoms with E-state index in [0.717, 1.165) is 22.2 Å². The van der Waals surface area contributed by atoms with Gasteiger partial charge >= 0.3 is 0 Å². The van der Waals surface area contributed by atoms with Crippen molar-refractivity contribution < 1.29 is 9.13 Å². The van der Waals surface area contributed by atoms with Crippen LogP contribution < -0.4 is 0 Å². The van der Waals surface area contributed by atoms with Crippen molar-refractivity contribution in [3.63, 3.8) is 0 Å². The van der Waals surface area contributed by atoms with Crippen molar-refractivity contribution in [3.8, 4) is 0 Å². The lowest BCUT2D eigenvalue weighted by Gasteiger charge is -2.42. The predicted octanol–water partition coefficient (Wildman–Crippen LogP) is 3.18. The minimum absolute atomic E-state index is 0.150. The molecule has 0 bridgehead atoms. The van der Waals surface area contributed by atoms with Crippen LogP contribution in [0.3, 0.4) is 0 Å². The summed E-state index contributed by atoms with van der Waals surface area (Å²) in [5, 5.41) is 0. The topological polar surface area (TPSA) is 9.23 Å². The second kappa shape index (κ2) is 4.44. The summed E-state index contributed by atoms with van der Waals surface area (Å²) < 4.78 is 19.8. The van der Waals surface area contributed by atoms with Gasteiger partial charge in [-0.1, -0.05) is 15.9 Å². The maximum absolute atomic E-state index is 13.7. The maximum atomic E-state index is 13.7. The molecule has 0 aromatic heterocycles. The zero-order chi connectivity index (χ0) is 10.9. The van der Waals surface area contributed by atoms with Crippen LogP contribution in [-0.4, -0.2) is 19.0 Å². The highest BCUT2D eigenvalue weighted by atomic mass is 79.9. The molecular weight excluding hydrogens is 279 g/mol. The molecule has 1 heterocycles. The third kappa shape index (κ3) is 2.08. The zero-order valence-corrected chi connectivity index (χ0v) is 10.7. The predicted molar refractivity (Wildman–Crippen MR) is 65.1 cm³/mol. The summed E-state index contributed by atoms with van der Waals surface area (Å²) in [7, 11) is 0. The number of hydrogen-bond acceptors (Lipinski definition) is 2. The van der Waals surface area contributed by atoms with E-state index in [1.165, 1.54) is 6.07 Å². The number of thiol groups is 1. The molecule has 0 amide bonds. The minimum Gasteiger partial charge on any atom is -0.379 e. The molecule has 1 aliphatic rings. The van der Waals surface area contributed by atoms with Gasteiger partial charge in [-0.05, 0) is 35.9 Å². The van der Waals surface area contributed by atoms with Gasteiger partial charge in [0.05, 0.1) is 13.2 Å². The second-order valence-corrected chi connectivity index (χ2v) is 5.23. The number of rotatable bonds is 3. The molecule has 4 heteroatoms. The summed E-state index contributed by atoms with van der Waals surface area (Å²) in [5.74, 6) is 0.596. The Kier molecular flexibility index (Phi) is 3.38. The monoisotopic (exact) mass is 290 g/mol. The van der Waals surface area contributed by atoms with Crippen LogP contribution in [0.15, 0.2) is 22.7 Å². The van der Waals surface area contributed by atoms with E-state index in [1.807, 2.05) is 6.07 Å². The van der Waals surface area contributed by atoms with Crippen LogP contribution in [0.2, 0.25) is 0 Å². The molecule has 0 aliphatic carbocycles. The van der Waals surface area contributed by atoms with Crippen LogP contribution in [0.25, 0.3) is 0 Å². The van der Waals surface area contributed by atoms with E-state index in [0.29, 0.717) is 13.2 Å². The molecule has 0 atom stereocenters. The molecule has 0 saturated carbocycles. The van der Waals surface area contributed by atoms with Gasteiger partial charge in [0, 0.05) is 9.89 Å². The average Bonchev–Trinajstić information content (AvgIpc) is 2.16. The quantitative estimate of drug-likeness (QED) is 0.842. The molecule has 1 nitrogen and oxygen atoms in total. The Labute approximate surface area is 103 Å². The van der Waals surface area contributed by atoms with E-state index in [4.69, 9.17) is 4.74 Å². The Morgan fingerprint density at radius 3 is 2.73 bits per heavy atom. The molecule has 2 rings (SSSR count). The molecule has 1 aromatic rings. The minimum atomic E-state index is -0.157. The van der Waals surface area contributed by atoms with Crippen LogP contribution in [0.1, 0.15) is 12.0 Å². The van der Waals surface area contributed by atoms with E-state index in [9.17, 15) is 4.39 Å². The van der Waals surface area contributed by atoms with Crippen LogP contribution >= 0.6 is 28.6 Å². The lowest BCUT2D eigenvalue weighted by atomic mass is 9.76. The molecular formula is C11H12BrFOS. The van der Waals surface area contributed by atoms with Gasteiger partial charge in [-0.25, -0.2) is 4.39 Å². The summed E-state index contributed by atoms with van der Waals surface area (Å²) in [6.45, 7) is 1.20. The fraction of sp³-hybridized carbons (Fsp3) is 0.455. The third-order valence-electron chi connectivity index (χ3n) is 2.85. The first-order chi connectivity index (χ1) is 7.18. The van der Waals surface area contributed by atoms with Crippen LogP contribution in [-0.2, 0) is 10.2 Å². The number of halogens is 2. The molecule has 15 heavy (non-hydrogen) atoms. The fourth-order valence-corrected chi connectivity index (χ4v) is 2.69. The fourth-order valence-electron chi connectivity index (χ4n) is 1.90. The first-order valence-corrected chi connectivity index (χ1v) is 6.25. The van der Waals surface area contributed by atoms with Crippen LogP contribution in [0.4, 0.5) is 4.39 Å². The van der Waals surface area contributed by atoms with Crippen molar-refractivity contribution in [3.05, 3.63) is 34.1 Å². The lowest BCUT2D eigenvalue weighted by Crippen LogP contribution is -2.47. The Balaban J connectivity index is 2.37. The SMILES string of the molecule is Fc1ccc(Br)cc1C1(CCS)COC1. The molecule has 0 spiro atoms. The number of ether oxygens (including phenoxy) is 1. The van der Waals surface area contributed by atoms with Gasteiger partial charge in [-0.15, -0.1) is 0 Å². The first-order valence-electron chi connectivity index (χ1n) is 4.82. The van der Waals surface area contributed by atoms with Gasteiger partial charge in [-0.2, -0.15) is 12.6 Å². The zero-order valence-electron chi connectivity index (χ0n) is 8.17. The Hall–Kier alpha value is -0.0600. The summed E-state index contributed by atoms with van der Waals surface area (Å²) >= 11 is 7.59. The normalized spacial score (nSPS) is 18.6. The van der Waals surface area contributed by atoms with Crippen molar-refractivity contribution in [1.29, 1.82) is 0 Å². The highest BCUT2D eigenvalue weighted by molar-refractivity contribution is 9.10. The lowest BCUT2D eigenvalue weighted by molar-refractivity contribution is -0.0629. The second-order valence-electron chi connectivity index (χ2n) is 3.87. The summed E-state index contributed by atoms with van der Waals surface area (Å²) in [6, 6.07) is 5.06. The third-order valence-corrected chi connectivity index (χ3v) is 3.56. The summed E-state index contributed by atoms with van der Waals surface area (Å²) in [6.07, 6.45) is 0.851. The first kappa shape index (κ1) is 11.4. The van der Waals surface area contributed by atoms with Crippen molar-refractivity contribution >= 4 is 28.6 Å². The molecule has 82 valence electrons. The van der Waals surface area contributed by atoms with Crippen LogP contribution in [0.5, 0.6) is 0 Å². The standard InChI is InChI=1S/C11H12BrFOS/c12-8-1-2-10(13)9(5-8)11(3-4-15)6-14-7-11/h1-2,5,15H,3-4,6-7H2. The highest BCUT2D eigenvalue weighted by Crippen LogP contribution is 2.38. The average molecular weight is 291 g/mol. The number of hydrogen-bond donors (Lipinski definition) is 1. The molecule has 0 N–H and O–H groups in total. The van der Waals surface area contributed by atoms with Crippen LogP contribution in [0, 0.1) is 5.82 Å². The van der Waals surface area contributed by atoms with Crippen molar-refractivity contribution in [2.75, 3.05) is 19.0 Å². The van der Waals surface area contributed by atoms with E-state index in [-0.39, 0.29) is 11.2 Å². The number of benzene rings is 1. The molecule has 0 radical (unpaired) electrons. The summed E-state index contributed by atoms with van der Waals surface area (Å²) in [4.78, 5) is 0. The molecule has 0 unspecified atom stereocenters. The summed E-state index contributed by atoms with van der Waals surface area (Å²) in [5.41, 5.74) is 0.590. The highest BCUT2D eigenvalue weighted by Gasteiger charge is 2.41.